The molecule has 1 aliphatic heterocycles. The molecule has 38 heavy (non-hydrogen) atoms. The third-order valence-corrected chi connectivity index (χ3v) is 9.17. The average molecular weight is 532 g/mol. The second-order valence-corrected chi connectivity index (χ2v) is 13.0. The van der Waals surface area contributed by atoms with Gasteiger partial charge in [0.2, 0.25) is 5.91 Å². The number of nitrogens with one attached hydrogen (secondary N) is 2. The van der Waals surface area contributed by atoms with Crippen LogP contribution in [0.2, 0.25) is 0 Å². The van der Waals surface area contributed by atoms with Gasteiger partial charge in [-0.25, -0.2) is 8.42 Å². The van der Waals surface area contributed by atoms with Gasteiger partial charge in [-0.15, -0.1) is 0 Å². The molecule has 0 radical (unpaired) electrons. The monoisotopic (exact) mass is 531 g/mol. The Morgan fingerprint density at radius 2 is 1.50 bits per heavy atom. The summed E-state index contributed by atoms with van der Waals surface area (Å²) >= 11 is 0. The van der Waals surface area contributed by atoms with Crippen LogP contribution in [0.3, 0.4) is 0 Å². The molecule has 2 aliphatic rings. The lowest BCUT2D eigenvalue weighted by Gasteiger charge is -2.26. The summed E-state index contributed by atoms with van der Waals surface area (Å²) < 4.78 is 23.2. The van der Waals surface area contributed by atoms with Crippen LogP contribution in [0.15, 0.2) is 66.7 Å². The zero-order valence-corrected chi connectivity index (χ0v) is 22.6. The van der Waals surface area contributed by atoms with Gasteiger partial charge >= 0.3 is 0 Å². The molecule has 0 unspecified atom stereocenters. The van der Waals surface area contributed by atoms with Gasteiger partial charge in [-0.2, -0.15) is 0 Å². The van der Waals surface area contributed by atoms with Crippen LogP contribution in [0, 0.1) is 12.3 Å². The van der Waals surface area contributed by atoms with Crippen LogP contribution in [0.4, 0.5) is 11.4 Å². The lowest BCUT2D eigenvalue weighted by atomic mass is 9.98. The highest BCUT2D eigenvalue weighted by Gasteiger charge is 2.44. The summed E-state index contributed by atoms with van der Waals surface area (Å²) in [5, 5.41) is 5.98. The minimum absolute atomic E-state index is 0.0642. The van der Waals surface area contributed by atoms with Gasteiger partial charge in [0.1, 0.15) is 0 Å². The van der Waals surface area contributed by atoms with Crippen LogP contribution >= 0.6 is 0 Å². The molecule has 0 atom stereocenters. The normalized spacial score (nSPS) is 17.9. The van der Waals surface area contributed by atoms with Gasteiger partial charge in [-0.3, -0.25) is 14.5 Å². The number of hydrogen-bond acceptors (Lipinski definition) is 5. The number of carbonyl (C=O) groups is 2. The minimum Gasteiger partial charge on any atom is -0.326 e. The number of nitrogens with zero attached hydrogens (tertiary/aromatic N) is 1. The maximum absolute atomic E-state index is 12.8. The summed E-state index contributed by atoms with van der Waals surface area (Å²) in [6, 6.07) is 21.0. The van der Waals surface area contributed by atoms with Crippen LogP contribution in [0.5, 0.6) is 0 Å². The molecule has 1 saturated carbocycles. The van der Waals surface area contributed by atoms with Crippen molar-refractivity contribution in [2.45, 2.75) is 33.2 Å². The fourth-order valence-corrected chi connectivity index (χ4v) is 5.85. The third-order valence-electron chi connectivity index (χ3n) is 7.56. The van der Waals surface area contributed by atoms with Crippen molar-refractivity contribution in [3.8, 4) is 11.1 Å². The molecule has 2 N–H and O–H groups in total. The van der Waals surface area contributed by atoms with Gasteiger partial charge in [-0.1, -0.05) is 37.3 Å². The number of rotatable bonds is 7. The van der Waals surface area contributed by atoms with E-state index in [4.69, 9.17) is 0 Å². The highest BCUT2D eigenvalue weighted by Crippen LogP contribution is 2.45. The molecule has 2 amide bonds. The Labute approximate surface area is 224 Å². The Balaban J connectivity index is 1.20. The van der Waals surface area contributed by atoms with E-state index < -0.39 is 9.84 Å². The quantitative estimate of drug-likeness (QED) is 0.453. The summed E-state index contributed by atoms with van der Waals surface area (Å²) in [5.74, 6) is 0.289. The van der Waals surface area contributed by atoms with Gasteiger partial charge in [0.25, 0.3) is 5.91 Å². The van der Waals surface area contributed by atoms with E-state index in [1.807, 2.05) is 68.4 Å². The molecule has 2 fully saturated rings. The number of hydrogen-bond donors (Lipinski definition) is 2. The fourth-order valence-electron chi connectivity index (χ4n) is 4.57. The molecule has 1 saturated heterocycles. The standard InChI is InChI=1S/C30H33N3O4S/c1-21-3-10-26(32-29(35)30(2)13-14-30)19-27(21)23-6-8-24(9-7-23)28(34)31-25-11-4-22(5-12-25)20-33-15-17-38(36,37)18-16-33/h3-12,19H,13-18,20H2,1-2H3,(H,31,34)(H,32,35). The zero-order chi connectivity index (χ0) is 26.9. The molecular formula is C30H33N3O4S. The van der Waals surface area contributed by atoms with E-state index in [1.54, 1.807) is 12.1 Å². The molecule has 0 aromatic heterocycles. The molecule has 1 heterocycles. The largest absolute Gasteiger partial charge is 0.326 e. The van der Waals surface area contributed by atoms with Crippen LogP contribution in [-0.4, -0.2) is 49.7 Å². The molecule has 1 aliphatic carbocycles. The number of benzene rings is 3. The topological polar surface area (TPSA) is 95.6 Å². The van der Waals surface area contributed by atoms with Crippen LogP contribution in [-0.2, 0) is 21.2 Å². The second kappa shape index (κ2) is 10.3. The van der Waals surface area contributed by atoms with E-state index in [0.29, 0.717) is 30.9 Å². The smallest absolute Gasteiger partial charge is 0.255 e. The van der Waals surface area contributed by atoms with Crippen molar-refractivity contribution in [1.29, 1.82) is 0 Å². The third kappa shape index (κ3) is 6.14. The van der Waals surface area contributed by atoms with E-state index in [0.717, 1.165) is 40.8 Å². The van der Waals surface area contributed by atoms with Crippen LogP contribution < -0.4 is 10.6 Å². The molecule has 3 aromatic carbocycles. The zero-order valence-electron chi connectivity index (χ0n) is 21.8. The van der Waals surface area contributed by atoms with E-state index in [9.17, 15) is 18.0 Å². The first-order valence-electron chi connectivity index (χ1n) is 13.0. The van der Waals surface area contributed by atoms with Crippen LogP contribution in [0.25, 0.3) is 11.1 Å². The Morgan fingerprint density at radius 3 is 2.13 bits per heavy atom. The number of aryl methyl sites for hydroxylation is 1. The number of amides is 2. The maximum Gasteiger partial charge on any atom is 0.255 e. The van der Waals surface area contributed by atoms with Crippen molar-refractivity contribution >= 4 is 33.0 Å². The van der Waals surface area contributed by atoms with Gasteiger partial charge in [0, 0.05) is 42.0 Å². The maximum atomic E-state index is 12.8. The second-order valence-electron chi connectivity index (χ2n) is 10.7. The van der Waals surface area contributed by atoms with Gasteiger partial charge in [0.15, 0.2) is 9.84 Å². The summed E-state index contributed by atoms with van der Waals surface area (Å²) in [6.07, 6.45) is 1.86. The Hall–Kier alpha value is -3.49. The molecule has 198 valence electrons. The molecule has 8 heteroatoms. The van der Waals surface area contributed by atoms with Gasteiger partial charge in [0.05, 0.1) is 11.5 Å². The van der Waals surface area contributed by atoms with E-state index in [1.165, 1.54) is 0 Å². The van der Waals surface area contributed by atoms with Gasteiger partial charge < -0.3 is 10.6 Å². The Bertz CT molecular complexity index is 1450. The van der Waals surface area contributed by atoms with Crippen molar-refractivity contribution in [1.82, 2.24) is 4.90 Å². The minimum atomic E-state index is -2.89. The summed E-state index contributed by atoms with van der Waals surface area (Å²) in [7, 11) is -2.89. The Morgan fingerprint density at radius 1 is 0.868 bits per heavy atom. The first-order valence-corrected chi connectivity index (χ1v) is 14.8. The first-order chi connectivity index (χ1) is 18.1. The first kappa shape index (κ1) is 26.1. The predicted molar refractivity (Wildman–Crippen MR) is 151 cm³/mol. The lowest BCUT2D eigenvalue weighted by Crippen LogP contribution is -2.39. The average Bonchev–Trinajstić information content (AvgIpc) is 3.66. The SMILES string of the molecule is Cc1ccc(NC(=O)C2(C)CC2)cc1-c1ccc(C(=O)Nc2ccc(CN3CCS(=O)(=O)CC3)cc2)cc1. The fraction of sp³-hybridized carbons (Fsp3) is 0.333. The van der Waals surface area contributed by atoms with Crippen molar-refractivity contribution in [3.63, 3.8) is 0 Å². The Kier molecular flexibility index (Phi) is 7.11. The predicted octanol–water partition coefficient (Wildman–Crippen LogP) is 4.88. The van der Waals surface area contributed by atoms with Gasteiger partial charge in [-0.05, 0) is 78.4 Å². The van der Waals surface area contributed by atoms with Crippen molar-refractivity contribution < 1.29 is 18.0 Å². The van der Waals surface area contributed by atoms with Crippen molar-refractivity contribution in [2.75, 3.05) is 35.2 Å². The highest BCUT2D eigenvalue weighted by atomic mass is 32.2. The summed E-state index contributed by atoms with van der Waals surface area (Å²) in [5.41, 5.74) is 5.94. The molecule has 7 nitrogen and oxygen atoms in total. The highest BCUT2D eigenvalue weighted by molar-refractivity contribution is 7.91. The lowest BCUT2D eigenvalue weighted by molar-refractivity contribution is -0.120. The molecule has 5 rings (SSSR count). The van der Waals surface area contributed by atoms with Crippen molar-refractivity contribution in [3.05, 3.63) is 83.4 Å². The number of sulfone groups is 1. The molecule has 0 spiro atoms. The summed E-state index contributed by atoms with van der Waals surface area (Å²) in [6.45, 7) is 5.81. The van der Waals surface area contributed by atoms with Crippen LogP contribution in [0.1, 0.15) is 41.3 Å². The molecule has 0 bridgehead atoms. The van der Waals surface area contributed by atoms with E-state index in [2.05, 4.69) is 15.5 Å². The number of anilines is 2. The van der Waals surface area contributed by atoms with Crippen molar-refractivity contribution in [2.24, 2.45) is 5.41 Å². The van der Waals surface area contributed by atoms with E-state index in [-0.39, 0.29) is 28.7 Å². The number of carbonyl (C=O) groups excluding carboxylic acids is 2. The summed E-state index contributed by atoms with van der Waals surface area (Å²) in [4.78, 5) is 27.4. The molecular weight excluding hydrogens is 498 g/mol. The van der Waals surface area contributed by atoms with E-state index >= 15 is 0 Å². The molecule has 3 aromatic rings.